The van der Waals surface area contributed by atoms with Gasteiger partial charge in [0.1, 0.15) is 0 Å². The second-order valence-corrected chi connectivity index (χ2v) is 6.06. The van der Waals surface area contributed by atoms with Gasteiger partial charge in [-0.3, -0.25) is 0 Å². The molecule has 1 aromatic carbocycles. The van der Waals surface area contributed by atoms with Crippen molar-refractivity contribution in [2.24, 2.45) is 5.92 Å². The first-order valence-corrected chi connectivity index (χ1v) is 7.72. The van der Waals surface area contributed by atoms with E-state index in [1.165, 1.54) is 48.1 Å². The second kappa shape index (κ2) is 6.58. The molecular formula is C15H23BrN2. The number of nitrogens with zero attached hydrogens (tertiary/aromatic N) is 1. The molecule has 0 atom stereocenters. The van der Waals surface area contributed by atoms with Gasteiger partial charge in [-0.05, 0) is 43.5 Å². The standard InChI is InChI=1S/C15H23BrN2/c1-3-12-6-8-18(9-7-12)15-10-14(16)5-4-13(15)11-17-2/h4-5,10,12,17H,3,6-9,11H2,1-2H3. The summed E-state index contributed by atoms with van der Waals surface area (Å²) in [6.07, 6.45) is 4.00. The summed E-state index contributed by atoms with van der Waals surface area (Å²) in [5, 5.41) is 3.26. The van der Waals surface area contributed by atoms with E-state index in [2.05, 4.69) is 51.3 Å². The molecular weight excluding hydrogens is 288 g/mol. The number of benzene rings is 1. The van der Waals surface area contributed by atoms with Gasteiger partial charge < -0.3 is 10.2 Å². The van der Waals surface area contributed by atoms with Crippen LogP contribution >= 0.6 is 15.9 Å². The summed E-state index contributed by atoms with van der Waals surface area (Å²) in [6.45, 7) is 5.65. The highest BCUT2D eigenvalue weighted by Gasteiger charge is 2.19. The number of rotatable bonds is 4. The van der Waals surface area contributed by atoms with Crippen molar-refractivity contribution in [3.63, 3.8) is 0 Å². The van der Waals surface area contributed by atoms with Crippen molar-refractivity contribution in [3.8, 4) is 0 Å². The fourth-order valence-corrected chi connectivity index (χ4v) is 3.10. The van der Waals surface area contributed by atoms with Crippen molar-refractivity contribution in [3.05, 3.63) is 28.2 Å². The second-order valence-electron chi connectivity index (χ2n) is 5.14. The van der Waals surface area contributed by atoms with Crippen molar-refractivity contribution in [1.82, 2.24) is 5.32 Å². The van der Waals surface area contributed by atoms with Crippen LogP contribution in [0, 0.1) is 5.92 Å². The molecule has 0 saturated carbocycles. The zero-order valence-electron chi connectivity index (χ0n) is 11.4. The number of hydrogen-bond acceptors (Lipinski definition) is 2. The Hall–Kier alpha value is -0.540. The molecule has 2 nitrogen and oxygen atoms in total. The first-order chi connectivity index (χ1) is 8.74. The summed E-state index contributed by atoms with van der Waals surface area (Å²) < 4.78 is 1.18. The summed E-state index contributed by atoms with van der Waals surface area (Å²) in [6, 6.07) is 6.62. The minimum atomic E-state index is 0.932. The summed E-state index contributed by atoms with van der Waals surface area (Å²) in [4.78, 5) is 2.55. The number of piperidine rings is 1. The van der Waals surface area contributed by atoms with Crippen LogP contribution in [0.25, 0.3) is 0 Å². The Labute approximate surface area is 119 Å². The SMILES string of the molecule is CCC1CCN(c2cc(Br)ccc2CNC)CC1. The highest BCUT2D eigenvalue weighted by atomic mass is 79.9. The monoisotopic (exact) mass is 310 g/mol. The third-order valence-electron chi connectivity index (χ3n) is 3.95. The van der Waals surface area contributed by atoms with E-state index in [1.54, 1.807) is 0 Å². The van der Waals surface area contributed by atoms with E-state index in [0.29, 0.717) is 0 Å². The van der Waals surface area contributed by atoms with E-state index >= 15 is 0 Å². The molecule has 1 aromatic rings. The Morgan fingerprint density at radius 1 is 1.33 bits per heavy atom. The highest BCUT2D eigenvalue weighted by molar-refractivity contribution is 9.10. The van der Waals surface area contributed by atoms with Crippen LogP contribution in [0.1, 0.15) is 31.7 Å². The van der Waals surface area contributed by atoms with E-state index in [4.69, 9.17) is 0 Å². The molecule has 100 valence electrons. The summed E-state index contributed by atoms with van der Waals surface area (Å²) in [7, 11) is 2.01. The zero-order valence-corrected chi connectivity index (χ0v) is 13.0. The first kappa shape index (κ1) is 13.9. The van der Waals surface area contributed by atoms with Gasteiger partial charge in [-0.15, -0.1) is 0 Å². The molecule has 1 saturated heterocycles. The average molecular weight is 311 g/mol. The molecule has 0 aromatic heterocycles. The molecule has 1 N–H and O–H groups in total. The maximum absolute atomic E-state index is 3.59. The molecule has 0 unspecified atom stereocenters. The number of hydrogen-bond donors (Lipinski definition) is 1. The quantitative estimate of drug-likeness (QED) is 0.910. The molecule has 0 bridgehead atoms. The lowest BCUT2D eigenvalue weighted by atomic mass is 9.94. The van der Waals surface area contributed by atoms with Gasteiger partial charge in [0.25, 0.3) is 0 Å². The molecule has 1 heterocycles. The lowest BCUT2D eigenvalue weighted by Gasteiger charge is -2.34. The fourth-order valence-electron chi connectivity index (χ4n) is 2.75. The van der Waals surface area contributed by atoms with E-state index in [1.807, 2.05) is 7.05 Å². The fraction of sp³-hybridized carbons (Fsp3) is 0.600. The van der Waals surface area contributed by atoms with E-state index in [9.17, 15) is 0 Å². The van der Waals surface area contributed by atoms with Gasteiger partial charge in [0.05, 0.1) is 0 Å². The molecule has 2 rings (SSSR count). The van der Waals surface area contributed by atoms with Crippen LogP contribution in [-0.4, -0.2) is 20.1 Å². The van der Waals surface area contributed by atoms with Crippen LogP contribution in [0.15, 0.2) is 22.7 Å². The van der Waals surface area contributed by atoms with Crippen LogP contribution in [0.5, 0.6) is 0 Å². The van der Waals surface area contributed by atoms with Crippen LogP contribution in [-0.2, 0) is 6.54 Å². The third-order valence-corrected chi connectivity index (χ3v) is 4.44. The smallest absolute Gasteiger partial charge is 0.0423 e. The van der Waals surface area contributed by atoms with Crippen molar-refractivity contribution >= 4 is 21.6 Å². The van der Waals surface area contributed by atoms with Crippen molar-refractivity contribution < 1.29 is 0 Å². The van der Waals surface area contributed by atoms with Gasteiger partial charge in [-0.1, -0.05) is 35.3 Å². The van der Waals surface area contributed by atoms with E-state index < -0.39 is 0 Å². The largest absolute Gasteiger partial charge is 0.371 e. The maximum atomic E-state index is 3.59. The molecule has 0 aliphatic carbocycles. The highest BCUT2D eigenvalue weighted by Crippen LogP contribution is 2.30. The van der Waals surface area contributed by atoms with E-state index in [0.717, 1.165) is 12.5 Å². The van der Waals surface area contributed by atoms with Gasteiger partial charge >= 0.3 is 0 Å². The van der Waals surface area contributed by atoms with Gasteiger partial charge in [0.15, 0.2) is 0 Å². The Kier molecular flexibility index (Phi) is 5.07. The summed E-state index contributed by atoms with van der Waals surface area (Å²) in [5.74, 6) is 0.932. The van der Waals surface area contributed by atoms with Crippen LogP contribution in [0.3, 0.4) is 0 Å². The minimum Gasteiger partial charge on any atom is -0.371 e. The Morgan fingerprint density at radius 3 is 2.67 bits per heavy atom. The summed E-state index contributed by atoms with van der Waals surface area (Å²) >= 11 is 3.59. The number of nitrogens with one attached hydrogen (secondary N) is 1. The molecule has 1 aliphatic heterocycles. The molecule has 18 heavy (non-hydrogen) atoms. The molecule has 0 radical (unpaired) electrons. The lowest BCUT2D eigenvalue weighted by molar-refractivity contribution is 0.394. The number of halogens is 1. The van der Waals surface area contributed by atoms with Gasteiger partial charge in [0.2, 0.25) is 0 Å². The topological polar surface area (TPSA) is 15.3 Å². The summed E-state index contributed by atoms with van der Waals surface area (Å²) in [5.41, 5.74) is 2.80. The predicted octanol–water partition coefficient (Wildman–Crippen LogP) is 3.79. The van der Waals surface area contributed by atoms with Gasteiger partial charge in [-0.25, -0.2) is 0 Å². The van der Waals surface area contributed by atoms with Gasteiger partial charge in [-0.2, -0.15) is 0 Å². The molecule has 3 heteroatoms. The molecule has 1 fully saturated rings. The Balaban J connectivity index is 2.14. The predicted molar refractivity (Wildman–Crippen MR) is 82.1 cm³/mol. The van der Waals surface area contributed by atoms with E-state index in [-0.39, 0.29) is 0 Å². The normalized spacial score (nSPS) is 17.2. The Bertz CT molecular complexity index is 384. The van der Waals surface area contributed by atoms with Crippen LogP contribution < -0.4 is 10.2 Å². The van der Waals surface area contributed by atoms with Crippen molar-refractivity contribution in [2.45, 2.75) is 32.7 Å². The number of anilines is 1. The first-order valence-electron chi connectivity index (χ1n) is 6.92. The van der Waals surface area contributed by atoms with Crippen LogP contribution in [0.2, 0.25) is 0 Å². The zero-order chi connectivity index (χ0) is 13.0. The third kappa shape index (κ3) is 3.27. The maximum Gasteiger partial charge on any atom is 0.0423 e. The molecule has 0 spiro atoms. The molecule has 1 aliphatic rings. The van der Waals surface area contributed by atoms with Crippen molar-refractivity contribution in [1.29, 1.82) is 0 Å². The van der Waals surface area contributed by atoms with Crippen molar-refractivity contribution in [2.75, 3.05) is 25.0 Å². The van der Waals surface area contributed by atoms with Crippen LogP contribution in [0.4, 0.5) is 5.69 Å². The lowest BCUT2D eigenvalue weighted by Crippen LogP contribution is -2.34. The minimum absolute atomic E-state index is 0.932. The molecule has 0 amide bonds. The average Bonchev–Trinajstić information content (AvgIpc) is 2.41. The Morgan fingerprint density at radius 2 is 2.06 bits per heavy atom. The van der Waals surface area contributed by atoms with Gasteiger partial charge in [0, 0.05) is 29.8 Å².